The number of nitrogens with zero attached hydrogens (tertiary/aromatic N) is 2. The largest absolute Gasteiger partial charge is 0.352 e. The number of carbonyl (C=O) groups excluding carboxylic acids is 1. The molecule has 0 unspecified atom stereocenters. The number of carbonyl (C=O) groups is 1. The van der Waals surface area contributed by atoms with E-state index in [1.54, 1.807) is 12.1 Å². The van der Waals surface area contributed by atoms with E-state index in [9.17, 15) is 4.79 Å². The van der Waals surface area contributed by atoms with Crippen molar-refractivity contribution in [3.8, 4) is 0 Å². The summed E-state index contributed by atoms with van der Waals surface area (Å²) in [5.41, 5.74) is 2.44. The van der Waals surface area contributed by atoms with Gasteiger partial charge < -0.3 is 9.88 Å². The molecule has 1 aromatic heterocycles. The second-order valence-electron chi connectivity index (χ2n) is 6.48. The van der Waals surface area contributed by atoms with Crippen LogP contribution in [0.1, 0.15) is 24.2 Å². The summed E-state index contributed by atoms with van der Waals surface area (Å²) < 4.78 is 1.89. The average Bonchev–Trinajstić information content (AvgIpc) is 3.35. The van der Waals surface area contributed by atoms with E-state index in [0.29, 0.717) is 33.0 Å². The van der Waals surface area contributed by atoms with Crippen LogP contribution < -0.4 is 5.32 Å². The Kier molecular flexibility index (Phi) is 4.82. The molecule has 2 aromatic carbocycles. The maximum Gasteiger partial charge on any atom is 0.240 e. The minimum Gasteiger partial charge on any atom is -0.352 e. The lowest BCUT2D eigenvalue weighted by Crippen LogP contribution is -2.29. The van der Waals surface area contributed by atoms with Gasteiger partial charge in [0.2, 0.25) is 5.91 Å². The van der Waals surface area contributed by atoms with Crippen LogP contribution in [0.4, 0.5) is 0 Å². The highest BCUT2D eigenvalue weighted by atomic mass is 35.5. The van der Waals surface area contributed by atoms with Crippen LogP contribution in [0.2, 0.25) is 15.1 Å². The zero-order valence-corrected chi connectivity index (χ0v) is 16.1. The van der Waals surface area contributed by atoms with Gasteiger partial charge in [-0.25, -0.2) is 4.98 Å². The number of rotatable bonds is 5. The van der Waals surface area contributed by atoms with Gasteiger partial charge in [0.25, 0.3) is 0 Å². The number of imidazole rings is 1. The molecule has 0 radical (unpaired) electrons. The zero-order chi connectivity index (χ0) is 18.3. The number of hydrogen-bond donors (Lipinski definition) is 1. The molecule has 1 aliphatic carbocycles. The number of fused-ring (bicyclic) bond motifs is 1. The van der Waals surface area contributed by atoms with Gasteiger partial charge in [-0.3, -0.25) is 4.79 Å². The summed E-state index contributed by atoms with van der Waals surface area (Å²) in [5.74, 6) is 0.718. The average molecular weight is 409 g/mol. The second kappa shape index (κ2) is 7.10. The summed E-state index contributed by atoms with van der Waals surface area (Å²) in [4.78, 5) is 17.1. The fourth-order valence-electron chi connectivity index (χ4n) is 2.94. The quantitative estimate of drug-likeness (QED) is 0.655. The first kappa shape index (κ1) is 17.7. The molecule has 0 atom stereocenters. The van der Waals surface area contributed by atoms with Crippen molar-refractivity contribution in [1.82, 2.24) is 14.9 Å². The molecule has 4 nitrogen and oxygen atoms in total. The molecule has 7 heteroatoms. The smallest absolute Gasteiger partial charge is 0.240 e. The van der Waals surface area contributed by atoms with Crippen LogP contribution >= 0.6 is 34.8 Å². The molecule has 1 fully saturated rings. The van der Waals surface area contributed by atoms with Gasteiger partial charge in [0.05, 0.1) is 21.1 Å². The van der Waals surface area contributed by atoms with E-state index in [1.807, 2.05) is 28.8 Å². The minimum absolute atomic E-state index is 0.0294. The van der Waals surface area contributed by atoms with E-state index in [-0.39, 0.29) is 12.5 Å². The van der Waals surface area contributed by atoms with E-state index in [2.05, 4.69) is 10.3 Å². The predicted octanol–water partition coefficient (Wildman–Crippen LogP) is 4.87. The molecule has 1 saturated carbocycles. The van der Waals surface area contributed by atoms with Gasteiger partial charge in [0.15, 0.2) is 0 Å². The van der Waals surface area contributed by atoms with Crippen molar-refractivity contribution in [3.05, 3.63) is 62.9 Å². The Bertz CT molecular complexity index is 995. The lowest BCUT2D eigenvalue weighted by molar-refractivity contribution is -0.121. The molecule has 1 N–H and O–H groups in total. The van der Waals surface area contributed by atoms with Crippen LogP contribution in [0.3, 0.4) is 0 Å². The van der Waals surface area contributed by atoms with Gasteiger partial charge in [-0.1, -0.05) is 53.0 Å². The van der Waals surface area contributed by atoms with E-state index in [1.165, 1.54) is 0 Å². The van der Waals surface area contributed by atoms with E-state index in [4.69, 9.17) is 34.8 Å². The molecule has 134 valence electrons. The molecule has 0 bridgehead atoms. The summed E-state index contributed by atoms with van der Waals surface area (Å²) >= 11 is 18.6. The van der Waals surface area contributed by atoms with Crippen molar-refractivity contribution >= 4 is 51.7 Å². The Morgan fingerprint density at radius 2 is 1.85 bits per heavy atom. The first-order chi connectivity index (χ1) is 12.5. The van der Waals surface area contributed by atoms with Crippen molar-refractivity contribution in [2.45, 2.75) is 31.8 Å². The number of aromatic nitrogens is 2. The normalized spacial score (nSPS) is 14.0. The second-order valence-corrected chi connectivity index (χ2v) is 7.70. The molecular formula is C19H16Cl3N3O. The Labute approximate surface area is 166 Å². The lowest BCUT2D eigenvalue weighted by atomic mass is 10.1. The lowest BCUT2D eigenvalue weighted by Gasteiger charge is -2.11. The third kappa shape index (κ3) is 3.68. The van der Waals surface area contributed by atoms with Gasteiger partial charge in [0, 0.05) is 17.5 Å². The maximum absolute atomic E-state index is 12.4. The molecule has 1 aliphatic rings. The predicted molar refractivity (Wildman–Crippen MR) is 105 cm³/mol. The van der Waals surface area contributed by atoms with Crippen molar-refractivity contribution in [2.24, 2.45) is 0 Å². The Balaban J connectivity index is 1.75. The first-order valence-electron chi connectivity index (χ1n) is 8.38. The molecular weight excluding hydrogens is 393 g/mol. The fraction of sp³-hybridized carbons (Fsp3) is 0.263. The standard InChI is InChI=1S/C19H16Cl3N3O/c20-13-4-2-1-3-11(13)7-18-24-16-8-14(21)15(22)9-17(16)25(18)10-19(26)23-12-5-6-12/h1-4,8-9,12H,5-7,10H2,(H,23,26). The van der Waals surface area contributed by atoms with Gasteiger partial charge >= 0.3 is 0 Å². The van der Waals surface area contributed by atoms with Crippen LogP contribution in [0, 0.1) is 0 Å². The molecule has 1 amide bonds. The van der Waals surface area contributed by atoms with Gasteiger partial charge in [0.1, 0.15) is 12.4 Å². The Morgan fingerprint density at radius 3 is 2.58 bits per heavy atom. The number of halogens is 3. The molecule has 0 aliphatic heterocycles. The third-order valence-corrected chi connectivity index (χ3v) is 5.51. The van der Waals surface area contributed by atoms with Crippen molar-refractivity contribution in [1.29, 1.82) is 0 Å². The molecule has 3 aromatic rings. The van der Waals surface area contributed by atoms with E-state index < -0.39 is 0 Å². The number of amides is 1. The van der Waals surface area contributed by atoms with E-state index >= 15 is 0 Å². The van der Waals surface area contributed by atoms with Gasteiger partial charge in [-0.05, 0) is 36.6 Å². The molecule has 26 heavy (non-hydrogen) atoms. The topological polar surface area (TPSA) is 46.9 Å². The number of nitrogens with one attached hydrogen (secondary N) is 1. The summed E-state index contributed by atoms with van der Waals surface area (Å²) in [5, 5.41) is 4.56. The summed E-state index contributed by atoms with van der Waals surface area (Å²) in [6.45, 7) is 0.185. The molecule has 0 saturated heterocycles. The Hall–Kier alpha value is -1.75. The summed E-state index contributed by atoms with van der Waals surface area (Å²) in [6.07, 6.45) is 2.61. The van der Waals surface area contributed by atoms with Crippen molar-refractivity contribution in [2.75, 3.05) is 0 Å². The SMILES string of the molecule is O=C(Cn1c(Cc2ccccc2Cl)nc2cc(Cl)c(Cl)cc21)NC1CC1. The van der Waals surface area contributed by atoms with E-state index in [0.717, 1.165) is 29.7 Å². The monoisotopic (exact) mass is 407 g/mol. The third-order valence-electron chi connectivity index (χ3n) is 4.42. The molecule has 4 rings (SSSR count). The van der Waals surface area contributed by atoms with Gasteiger partial charge in [-0.2, -0.15) is 0 Å². The number of hydrogen-bond acceptors (Lipinski definition) is 2. The van der Waals surface area contributed by atoms with Crippen LogP contribution in [0.5, 0.6) is 0 Å². The van der Waals surface area contributed by atoms with Crippen LogP contribution in [0.15, 0.2) is 36.4 Å². The van der Waals surface area contributed by atoms with Crippen molar-refractivity contribution < 1.29 is 4.79 Å². The van der Waals surface area contributed by atoms with Gasteiger partial charge in [-0.15, -0.1) is 0 Å². The highest BCUT2D eigenvalue weighted by Gasteiger charge is 2.24. The number of benzene rings is 2. The highest BCUT2D eigenvalue weighted by molar-refractivity contribution is 6.42. The fourth-order valence-corrected chi connectivity index (χ4v) is 3.46. The van der Waals surface area contributed by atoms with Crippen LogP contribution in [-0.2, 0) is 17.8 Å². The Morgan fingerprint density at radius 1 is 1.12 bits per heavy atom. The molecule has 1 heterocycles. The van der Waals surface area contributed by atoms with Crippen LogP contribution in [-0.4, -0.2) is 21.5 Å². The zero-order valence-electron chi connectivity index (χ0n) is 13.8. The highest BCUT2D eigenvalue weighted by Crippen LogP contribution is 2.30. The first-order valence-corrected chi connectivity index (χ1v) is 9.51. The molecule has 0 spiro atoms. The summed E-state index contributed by atoms with van der Waals surface area (Å²) in [6, 6.07) is 11.4. The van der Waals surface area contributed by atoms with Crippen molar-refractivity contribution in [3.63, 3.8) is 0 Å². The maximum atomic E-state index is 12.4. The minimum atomic E-state index is -0.0294. The van der Waals surface area contributed by atoms with Crippen LogP contribution in [0.25, 0.3) is 11.0 Å². The summed E-state index contributed by atoms with van der Waals surface area (Å²) in [7, 11) is 0.